The van der Waals surface area contributed by atoms with Crippen LogP contribution in [0, 0.1) is 12.7 Å². The first-order chi connectivity index (χ1) is 14.3. The summed E-state index contributed by atoms with van der Waals surface area (Å²) in [7, 11) is 0. The quantitative estimate of drug-likeness (QED) is 0.585. The molecule has 0 saturated carbocycles. The van der Waals surface area contributed by atoms with Gasteiger partial charge in [-0.15, -0.1) is 10.2 Å². The smallest absolute Gasteiger partial charge is 0.237 e. The van der Waals surface area contributed by atoms with Crippen molar-refractivity contribution in [1.82, 2.24) is 14.8 Å². The van der Waals surface area contributed by atoms with E-state index in [4.69, 9.17) is 10.5 Å². The molecular formula is C20H26FN5O3S. The lowest BCUT2D eigenvalue weighted by Crippen LogP contribution is -2.24. The number of halogens is 1. The molecular weight excluding hydrogens is 409 g/mol. The van der Waals surface area contributed by atoms with Gasteiger partial charge in [0.25, 0.3) is 0 Å². The third kappa shape index (κ3) is 5.79. The normalized spacial score (nSPS) is 17.1. The number of aryl methyl sites for hydroxylation is 2. The molecule has 0 aliphatic carbocycles. The highest BCUT2D eigenvalue weighted by atomic mass is 32.2. The standard InChI is InChI=1S/C20H26FN5O3S/c1-12-5-6-14(10-16(12)21)23-19(28)13(2)30-20-25-24-18(8-7-17(22)27)26(20)11-15-4-3-9-29-15/h5-6,10,13,15H,3-4,7-9,11H2,1-2H3,(H2,22,27)(H,23,28)/t13-,15-/m1/s1. The molecule has 2 atom stereocenters. The molecule has 1 aliphatic heterocycles. The highest BCUT2D eigenvalue weighted by Gasteiger charge is 2.24. The second-order valence-electron chi connectivity index (χ2n) is 7.32. The van der Waals surface area contributed by atoms with E-state index in [1.165, 1.54) is 17.8 Å². The Balaban J connectivity index is 1.70. The van der Waals surface area contributed by atoms with Crippen molar-refractivity contribution in [2.45, 2.75) is 62.6 Å². The first-order valence-electron chi connectivity index (χ1n) is 9.89. The van der Waals surface area contributed by atoms with E-state index in [-0.39, 0.29) is 24.2 Å². The Hall–Kier alpha value is -2.46. The molecule has 162 valence electrons. The molecule has 3 N–H and O–H groups in total. The number of hydrogen-bond donors (Lipinski definition) is 2. The molecule has 1 aromatic heterocycles. The topological polar surface area (TPSA) is 112 Å². The van der Waals surface area contributed by atoms with Crippen LogP contribution in [0.25, 0.3) is 0 Å². The van der Waals surface area contributed by atoms with Gasteiger partial charge < -0.3 is 20.4 Å². The van der Waals surface area contributed by atoms with Crippen LogP contribution in [0.4, 0.5) is 10.1 Å². The van der Waals surface area contributed by atoms with Gasteiger partial charge in [-0.1, -0.05) is 17.8 Å². The number of thioether (sulfide) groups is 1. The molecule has 0 spiro atoms. The summed E-state index contributed by atoms with van der Waals surface area (Å²) < 4.78 is 21.4. The van der Waals surface area contributed by atoms with Gasteiger partial charge in [-0.25, -0.2) is 4.39 Å². The van der Waals surface area contributed by atoms with E-state index in [0.717, 1.165) is 19.4 Å². The summed E-state index contributed by atoms with van der Waals surface area (Å²) in [5.74, 6) is -0.411. The molecule has 8 nitrogen and oxygen atoms in total. The maximum Gasteiger partial charge on any atom is 0.237 e. The lowest BCUT2D eigenvalue weighted by Gasteiger charge is -2.16. The van der Waals surface area contributed by atoms with Gasteiger partial charge in [0.05, 0.1) is 17.9 Å². The van der Waals surface area contributed by atoms with Gasteiger partial charge in [0.2, 0.25) is 11.8 Å². The lowest BCUT2D eigenvalue weighted by atomic mass is 10.2. The Morgan fingerprint density at radius 3 is 2.90 bits per heavy atom. The fourth-order valence-electron chi connectivity index (χ4n) is 3.13. The van der Waals surface area contributed by atoms with Gasteiger partial charge >= 0.3 is 0 Å². The molecule has 0 radical (unpaired) electrons. The van der Waals surface area contributed by atoms with E-state index in [9.17, 15) is 14.0 Å². The Kier molecular flexibility index (Phi) is 7.43. The van der Waals surface area contributed by atoms with Crippen molar-refractivity contribution in [3.63, 3.8) is 0 Å². The summed E-state index contributed by atoms with van der Waals surface area (Å²) in [6.07, 6.45) is 2.53. The molecule has 3 rings (SSSR count). The molecule has 2 aromatic rings. The lowest BCUT2D eigenvalue weighted by molar-refractivity contribution is -0.118. The number of carbonyl (C=O) groups excluding carboxylic acids is 2. The SMILES string of the molecule is Cc1ccc(NC(=O)[C@@H](C)Sc2nnc(CCC(N)=O)n2C[C@H]2CCCO2)cc1F. The molecule has 2 amide bonds. The van der Waals surface area contributed by atoms with Gasteiger partial charge in [0.1, 0.15) is 11.6 Å². The van der Waals surface area contributed by atoms with Gasteiger partial charge in [-0.2, -0.15) is 0 Å². The number of primary amides is 1. The number of hydrogen-bond acceptors (Lipinski definition) is 6. The maximum absolute atomic E-state index is 13.7. The van der Waals surface area contributed by atoms with Gasteiger partial charge in [0, 0.05) is 25.1 Å². The summed E-state index contributed by atoms with van der Waals surface area (Å²) in [5.41, 5.74) is 6.18. The maximum atomic E-state index is 13.7. The first kappa shape index (κ1) is 22.2. The van der Waals surface area contributed by atoms with Crippen LogP contribution < -0.4 is 11.1 Å². The molecule has 10 heteroatoms. The Bertz CT molecular complexity index is 914. The monoisotopic (exact) mass is 435 g/mol. The van der Waals surface area contributed by atoms with Crippen molar-refractivity contribution in [3.8, 4) is 0 Å². The van der Waals surface area contributed by atoms with Crippen LogP contribution in [0.15, 0.2) is 23.4 Å². The predicted molar refractivity (Wildman–Crippen MR) is 112 cm³/mol. The highest BCUT2D eigenvalue weighted by Crippen LogP contribution is 2.26. The minimum Gasteiger partial charge on any atom is -0.376 e. The van der Waals surface area contributed by atoms with Crippen molar-refractivity contribution >= 4 is 29.3 Å². The van der Waals surface area contributed by atoms with Gasteiger partial charge in [-0.05, 0) is 44.4 Å². The Labute approximate surface area is 178 Å². The zero-order valence-electron chi connectivity index (χ0n) is 17.1. The van der Waals surface area contributed by atoms with Crippen LogP contribution in [0.1, 0.15) is 37.6 Å². The predicted octanol–water partition coefficient (Wildman–Crippen LogP) is 2.44. The number of anilines is 1. The highest BCUT2D eigenvalue weighted by molar-refractivity contribution is 8.00. The third-order valence-corrected chi connectivity index (χ3v) is 5.97. The Morgan fingerprint density at radius 2 is 2.23 bits per heavy atom. The van der Waals surface area contributed by atoms with E-state index in [0.29, 0.717) is 35.2 Å². The molecule has 2 heterocycles. The van der Waals surface area contributed by atoms with Gasteiger partial charge in [-0.3, -0.25) is 9.59 Å². The number of rotatable bonds is 9. The number of nitrogens with one attached hydrogen (secondary N) is 1. The number of nitrogens with two attached hydrogens (primary N) is 1. The number of carbonyl (C=O) groups is 2. The molecule has 1 fully saturated rings. The summed E-state index contributed by atoms with van der Waals surface area (Å²) in [5, 5.41) is 11.2. The van der Waals surface area contributed by atoms with Crippen LogP contribution >= 0.6 is 11.8 Å². The molecule has 1 aromatic carbocycles. The molecule has 1 saturated heterocycles. The third-order valence-electron chi connectivity index (χ3n) is 4.89. The van der Waals surface area contributed by atoms with E-state index in [1.807, 2.05) is 4.57 Å². The van der Waals surface area contributed by atoms with Crippen LogP contribution in [0.2, 0.25) is 0 Å². The number of amides is 2. The number of ether oxygens (including phenoxy) is 1. The largest absolute Gasteiger partial charge is 0.376 e. The summed E-state index contributed by atoms with van der Waals surface area (Å²) >= 11 is 1.26. The van der Waals surface area contributed by atoms with Crippen LogP contribution in [-0.4, -0.2) is 44.5 Å². The summed E-state index contributed by atoms with van der Waals surface area (Å²) in [4.78, 5) is 23.8. The average Bonchev–Trinajstić information content (AvgIpc) is 3.34. The Morgan fingerprint density at radius 1 is 1.43 bits per heavy atom. The van der Waals surface area contributed by atoms with Crippen molar-refractivity contribution < 1.29 is 18.7 Å². The van der Waals surface area contributed by atoms with E-state index in [2.05, 4.69) is 15.5 Å². The fraction of sp³-hybridized carbons (Fsp3) is 0.500. The fourth-order valence-corrected chi connectivity index (χ4v) is 4.00. The zero-order chi connectivity index (χ0) is 21.7. The van der Waals surface area contributed by atoms with Crippen LogP contribution in [0.5, 0.6) is 0 Å². The van der Waals surface area contributed by atoms with Crippen molar-refractivity contribution in [3.05, 3.63) is 35.4 Å². The second kappa shape index (κ2) is 10.0. The number of nitrogens with zero attached hydrogens (tertiary/aromatic N) is 3. The van der Waals surface area contributed by atoms with E-state index in [1.54, 1.807) is 26.0 Å². The van der Waals surface area contributed by atoms with Crippen molar-refractivity contribution in [1.29, 1.82) is 0 Å². The van der Waals surface area contributed by atoms with Gasteiger partial charge in [0.15, 0.2) is 5.16 Å². The molecule has 1 aliphatic rings. The van der Waals surface area contributed by atoms with Crippen molar-refractivity contribution in [2.75, 3.05) is 11.9 Å². The molecule has 0 bridgehead atoms. The minimum atomic E-state index is -0.495. The average molecular weight is 436 g/mol. The van der Waals surface area contributed by atoms with Crippen LogP contribution in [0.3, 0.4) is 0 Å². The summed E-state index contributed by atoms with van der Waals surface area (Å²) in [6.45, 7) is 4.69. The van der Waals surface area contributed by atoms with E-state index < -0.39 is 11.2 Å². The van der Waals surface area contributed by atoms with E-state index >= 15 is 0 Å². The summed E-state index contributed by atoms with van der Waals surface area (Å²) in [6, 6.07) is 4.58. The molecule has 30 heavy (non-hydrogen) atoms. The van der Waals surface area contributed by atoms with Crippen LogP contribution in [-0.2, 0) is 27.3 Å². The molecule has 0 unspecified atom stereocenters. The number of benzene rings is 1. The first-order valence-corrected chi connectivity index (χ1v) is 10.8. The second-order valence-corrected chi connectivity index (χ2v) is 8.63. The van der Waals surface area contributed by atoms with Crippen molar-refractivity contribution in [2.24, 2.45) is 5.73 Å². The minimum absolute atomic E-state index is 0.0485. The number of aromatic nitrogens is 3. The zero-order valence-corrected chi connectivity index (χ0v) is 17.9.